The Labute approximate surface area is 174 Å². The number of likely N-dealkylation sites (N-methyl/N-ethyl adjacent to an activating group) is 1. The highest BCUT2D eigenvalue weighted by molar-refractivity contribution is 6.04. The first kappa shape index (κ1) is 21.1. The number of hydrogen-bond acceptors (Lipinski definition) is 5. The van der Waals surface area contributed by atoms with Gasteiger partial charge in [0.2, 0.25) is 11.9 Å². The molecule has 1 aliphatic carbocycles. The van der Waals surface area contributed by atoms with Crippen LogP contribution in [0.2, 0.25) is 0 Å². The van der Waals surface area contributed by atoms with Crippen molar-refractivity contribution in [3.63, 3.8) is 0 Å². The molecule has 1 aromatic rings. The van der Waals surface area contributed by atoms with Crippen molar-refractivity contribution in [2.24, 2.45) is 0 Å². The molecule has 2 heterocycles. The Morgan fingerprint density at radius 3 is 2.72 bits per heavy atom. The number of allylic oxidation sites excluding steroid dienone is 5. The number of anilines is 3. The third kappa shape index (κ3) is 4.52. The summed E-state index contributed by atoms with van der Waals surface area (Å²) in [7, 11) is 1.83. The molecule has 3 rings (SSSR count). The van der Waals surface area contributed by atoms with Crippen molar-refractivity contribution >= 4 is 23.4 Å². The Kier molecular flexibility index (Phi) is 7.07. The van der Waals surface area contributed by atoms with E-state index in [-0.39, 0.29) is 11.9 Å². The van der Waals surface area contributed by atoms with Gasteiger partial charge in [-0.15, -0.1) is 0 Å². The van der Waals surface area contributed by atoms with Gasteiger partial charge in [0.25, 0.3) is 0 Å². The van der Waals surface area contributed by atoms with E-state index in [1.165, 1.54) is 12.8 Å². The number of nitrogens with zero attached hydrogens (tertiary/aromatic N) is 4. The molecular weight excluding hydrogens is 362 g/mol. The maximum absolute atomic E-state index is 13.0. The predicted octanol–water partition coefficient (Wildman–Crippen LogP) is 4.82. The fourth-order valence-electron chi connectivity index (χ4n) is 4.16. The maximum Gasteiger partial charge on any atom is 0.249 e. The van der Waals surface area contributed by atoms with Gasteiger partial charge in [0, 0.05) is 18.8 Å². The topological polar surface area (TPSA) is 61.4 Å². The number of aromatic nitrogens is 2. The normalized spacial score (nSPS) is 20.9. The van der Waals surface area contributed by atoms with Crippen LogP contribution in [-0.4, -0.2) is 35.0 Å². The zero-order chi connectivity index (χ0) is 20.8. The van der Waals surface area contributed by atoms with Gasteiger partial charge in [-0.1, -0.05) is 44.9 Å². The van der Waals surface area contributed by atoms with Crippen LogP contribution in [0.25, 0.3) is 0 Å². The minimum Gasteiger partial charge on any atom is -0.340 e. The van der Waals surface area contributed by atoms with Crippen LogP contribution in [0.3, 0.4) is 0 Å². The third-order valence-corrected chi connectivity index (χ3v) is 5.67. The van der Waals surface area contributed by atoms with Gasteiger partial charge >= 0.3 is 0 Å². The molecule has 1 aliphatic heterocycles. The summed E-state index contributed by atoms with van der Waals surface area (Å²) in [6.45, 7) is 6.18. The summed E-state index contributed by atoms with van der Waals surface area (Å²) in [5.41, 5.74) is 1.73. The standard InChI is InChI=1S/C23H33N5O/c1-5-8-12-17(13-9-6-2)25-23-24-16-20-21(26-23)28(18-14-10-11-15-18)19(7-3)22(29)27(20)4/h5,8-9,12-13,16,18-19H,6-7,10-11,14-15H2,1-4H3,(H,24,25,26)/b8-5-,13-9-,17-12+. The SMILES string of the molecule is C\C=C/C=C(\C=C/CC)Nc1ncc2c(n1)N(C1CCCC1)C(CC)C(=O)N2C. The summed E-state index contributed by atoms with van der Waals surface area (Å²) >= 11 is 0. The first-order valence-electron chi connectivity index (χ1n) is 10.8. The molecule has 6 heteroatoms. The van der Waals surface area contributed by atoms with E-state index in [9.17, 15) is 4.79 Å². The fraction of sp³-hybridized carbons (Fsp3) is 0.522. The van der Waals surface area contributed by atoms with E-state index in [0.29, 0.717) is 12.0 Å². The molecule has 1 saturated carbocycles. The van der Waals surface area contributed by atoms with Crippen LogP contribution in [-0.2, 0) is 4.79 Å². The Balaban J connectivity index is 1.99. The van der Waals surface area contributed by atoms with Crippen molar-refractivity contribution in [2.75, 3.05) is 22.2 Å². The quantitative estimate of drug-likeness (QED) is 0.671. The highest BCUT2D eigenvalue weighted by Gasteiger charge is 2.41. The molecule has 156 valence electrons. The van der Waals surface area contributed by atoms with Gasteiger partial charge in [-0.3, -0.25) is 4.79 Å². The van der Waals surface area contributed by atoms with Gasteiger partial charge < -0.3 is 15.1 Å². The van der Waals surface area contributed by atoms with Crippen LogP contribution < -0.4 is 15.1 Å². The number of nitrogens with one attached hydrogen (secondary N) is 1. The lowest BCUT2D eigenvalue weighted by molar-refractivity contribution is -0.120. The number of fused-ring (bicyclic) bond motifs is 1. The molecule has 0 bridgehead atoms. The summed E-state index contributed by atoms with van der Waals surface area (Å²) in [5.74, 6) is 1.56. The van der Waals surface area contributed by atoms with Crippen LogP contribution in [0.5, 0.6) is 0 Å². The summed E-state index contributed by atoms with van der Waals surface area (Å²) < 4.78 is 0. The number of hydrogen-bond donors (Lipinski definition) is 1. The average molecular weight is 396 g/mol. The summed E-state index contributed by atoms with van der Waals surface area (Å²) in [4.78, 5) is 26.4. The summed E-state index contributed by atoms with van der Waals surface area (Å²) in [6, 6.07) is 0.216. The van der Waals surface area contributed by atoms with Gasteiger partial charge in [-0.05, 0) is 44.8 Å². The van der Waals surface area contributed by atoms with E-state index in [1.807, 2.05) is 38.3 Å². The van der Waals surface area contributed by atoms with Crippen molar-refractivity contribution in [3.8, 4) is 0 Å². The average Bonchev–Trinajstić information content (AvgIpc) is 3.26. The van der Waals surface area contributed by atoms with Gasteiger partial charge in [-0.2, -0.15) is 4.98 Å². The summed E-state index contributed by atoms with van der Waals surface area (Å²) in [6.07, 6.45) is 18.3. The fourth-order valence-corrected chi connectivity index (χ4v) is 4.16. The Morgan fingerprint density at radius 2 is 2.07 bits per heavy atom. The van der Waals surface area contributed by atoms with Crippen LogP contribution in [0, 0.1) is 0 Å². The van der Waals surface area contributed by atoms with E-state index in [1.54, 1.807) is 11.1 Å². The van der Waals surface area contributed by atoms with Crippen molar-refractivity contribution in [3.05, 3.63) is 42.3 Å². The van der Waals surface area contributed by atoms with Crippen LogP contribution in [0.4, 0.5) is 17.5 Å². The largest absolute Gasteiger partial charge is 0.340 e. The van der Waals surface area contributed by atoms with Gasteiger partial charge in [0.05, 0.1) is 6.20 Å². The summed E-state index contributed by atoms with van der Waals surface area (Å²) in [5, 5.41) is 3.34. The molecule has 1 unspecified atom stereocenters. The molecule has 1 atom stereocenters. The van der Waals surface area contributed by atoms with Crippen LogP contribution in [0.15, 0.2) is 42.3 Å². The van der Waals surface area contributed by atoms with E-state index >= 15 is 0 Å². The second-order valence-electron chi connectivity index (χ2n) is 7.65. The first-order valence-corrected chi connectivity index (χ1v) is 10.8. The molecule has 6 nitrogen and oxygen atoms in total. The van der Waals surface area contributed by atoms with Crippen LogP contribution >= 0.6 is 0 Å². The smallest absolute Gasteiger partial charge is 0.249 e. The molecule has 29 heavy (non-hydrogen) atoms. The van der Waals surface area contributed by atoms with E-state index in [0.717, 1.165) is 42.9 Å². The lowest BCUT2D eigenvalue weighted by Gasteiger charge is -2.43. The minimum absolute atomic E-state index is 0.135. The van der Waals surface area contributed by atoms with E-state index in [4.69, 9.17) is 4.98 Å². The zero-order valence-corrected chi connectivity index (χ0v) is 18.1. The molecule has 0 aromatic carbocycles. The zero-order valence-electron chi connectivity index (χ0n) is 18.1. The van der Waals surface area contributed by atoms with Crippen molar-refractivity contribution in [1.82, 2.24) is 9.97 Å². The highest BCUT2D eigenvalue weighted by atomic mass is 16.2. The van der Waals surface area contributed by atoms with Gasteiger partial charge in [-0.25, -0.2) is 4.98 Å². The molecule has 1 fully saturated rings. The number of carbonyl (C=O) groups excluding carboxylic acids is 1. The van der Waals surface area contributed by atoms with Gasteiger partial charge in [0.1, 0.15) is 11.7 Å². The Bertz CT molecular complexity index is 807. The predicted molar refractivity (Wildman–Crippen MR) is 120 cm³/mol. The third-order valence-electron chi connectivity index (χ3n) is 5.67. The van der Waals surface area contributed by atoms with Crippen molar-refractivity contribution in [1.29, 1.82) is 0 Å². The maximum atomic E-state index is 13.0. The van der Waals surface area contributed by atoms with E-state index in [2.05, 4.69) is 35.1 Å². The second-order valence-corrected chi connectivity index (χ2v) is 7.65. The molecule has 1 amide bonds. The van der Waals surface area contributed by atoms with E-state index < -0.39 is 0 Å². The molecule has 0 saturated heterocycles. The van der Waals surface area contributed by atoms with Crippen LogP contribution in [0.1, 0.15) is 59.3 Å². The lowest BCUT2D eigenvalue weighted by atomic mass is 10.0. The minimum atomic E-state index is -0.156. The number of amides is 1. The highest BCUT2D eigenvalue weighted by Crippen LogP contribution is 2.39. The molecule has 0 radical (unpaired) electrons. The molecule has 1 aromatic heterocycles. The Morgan fingerprint density at radius 1 is 1.31 bits per heavy atom. The van der Waals surface area contributed by atoms with Gasteiger partial charge in [0.15, 0.2) is 5.82 Å². The monoisotopic (exact) mass is 395 g/mol. The molecule has 0 spiro atoms. The molecule has 2 aliphatic rings. The molecular formula is C23H33N5O. The Hall–Kier alpha value is -2.63. The van der Waals surface area contributed by atoms with Crippen molar-refractivity contribution < 1.29 is 4.79 Å². The first-order chi connectivity index (χ1) is 14.1. The molecule has 1 N–H and O–H groups in total. The number of carbonyl (C=O) groups is 1. The lowest BCUT2D eigenvalue weighted by Crippen LogP contribution is -2.55. The van der Waals surface area contributed by atoms with Crippen molar-refractivity contribution in [2.45, 2.75) is 71.4 Å². The number of rotatable bonds is 7. The second kappa shape index (κ2) is 9.72.